The van der Waals surface area contributed by atoms with Crippen molar-refractivity contribution in [2.45, 2.75) is 50.5 Å². The van der Waals surface area contributed by atoms with Crippen LogP contribution in [0.5, 0.6) is 0 Å². The van der Waals surface area contributed by atoms with E-state index in [9.17, 15) is 13.6 Å². The summed E-state index contributed by atoms with van der Waals surface area (Å²) < 4.78 is 28.9. The number of aryl methyl sites for hydroxylation is 2. The van der Waals surface area contributed by atoms with Crippen LogP contribution in [0.25, 0.3) is 11.0 Å². The van der Waals surface area contributed by atoms with E-state index in [4.69, 9.17) is 11.6 Å². The fraction of sp³-hybridized carbons (Fsp3) is 0.500. The van der Waals surface area contributed by atoms with Gasteiger partial charge < -0.3 is 4.98 Å². The third kappa shape index (κ3) is 3.50. The molecule has 0 aliphatic heterocycles. The van der Waals surface area contributed by atoms with Crippen molar-refractivity contribution in [2.24, 2.45) is 0 Å². The van der Waals surface area contributed by atoms with Gasteiger partial charge >= 0.3 is 0 Å². The first-order valence-electron chi connectivity index (χ1n) is 8.35. The highest BCUT2D eigenvalue weighted by Gasteiger charge is 2.36. The molecule has 0 unspecified atom stereocenters. The summed E-state index contributed by atoms with van der Waals surface area (Å²) in [6.45, 7) is 0. The zero-order chi connectivity index (χ0) is 18.3. The van der Waals surface area contributed by atoms with Gasteiger partial charge in [0.05, 0.1) is 17.9 Å². The monoisotopic (exact) mass is 399 g/mol. The summed E-state index contributed by atoms with van der Waals surface area (Å²) in [6, 6.07) is -0.161. The summed E-state index contributed by atoms with van der Waals surface area (Å²) in [7, 11) is 0. The molecule has 0 amide bonds. The molecule has 26 heavy (non-hydrogen) atoms. The third-order valence-corrected chi connectivity index (χ3v) is 5.71. The van der Waals surface area contributed by atoms with Crippen LogP contribution in [0.15, 0.2) is 16.4 Å². The third-order valence-electron chi connectivity index (χ3n) is 4.69. The predicted octanol–water partition coefficient (Wildman–Crippen LogP) is 3.77. The summed E-state index contributed by atoms with van der Waals surface area (Å²) in [5, 5.41) is 6.50. The highest BCUT2D eigenvalue weighted by molar-refractivity contribution is 7.13. The Morgan fingerprint density at radius 1 is 1.31 bits per heavy atom. The van der Waals surface area contributed by atoms with Crippen LogP contribution in [0.1, 0.15) is 43.2 Å². The number of halogens is 3. The molecule has 0 bridgehead atoms. The van der Waals surface area contributed by atoms with Gasteiger partial charge in [-0.25, -0.2) is 23.4 Å². The number of thiazole rings is 1. The lowest BCUT2D eigenvalue weighted by Crippen LogP contribution is -2.27. The Bertz CT molecular complexity index is 988. The normalized spacial score (nSPS) is 17.8. The average Bonchev–Trinajstić information content (AvgIpc) is 3.20. The van der Waals surface area contributed by atoms with Crippen LogP contribution < -0.4 is 5.56 Å². The van der Waals surface area contributed by atoms with Crippen molar-refractivity contribution in [2.75, 3.05) is 0 Å². The number of aromatic nitrogens is 5. The Morgan fingerprint density at radius 3 is 2.77 bits per heavy atom. The van der Waals surface area contributed by atoms with Gasteiger partial charge in [0, 0.05) is 24.6 Å². The maximum atomic E-state index is 13.4. The van der Waals surface area contributed by atoms with Gasteiger partial charge in [0.15, 0.2) is 10.1 Å². The summed E-state index contributed by atoms with van der Waals surface area (Å²) in [5.74, 6) is -2.08. The maximum absolute atomic E-state index is 13.4. The van der Waals surface area contributed by atoms with Crippen molar-refractivity contribution >= 4 is 34.0 Å². The van der Waals surface area contributed by atoms with Gasteiger partial charge in [0.2, 0.25) is 5.92 Å². The lowest BCUT2D eigenvalue weighted by atomic mass is 9.92. The molecule has 3 aromatic rings. The number of alkyl halides is 2. The SMILES string of the molecule is O=c1[nH]c(CCc2csc(Cl)n2)nc2c1cnn2C1CCC(F)(F)CC1. The Labute approximate surface area is 156 Å². The van der Waals surface area contributed by atoms with Crippen LogP contribution >= 0.6 is 22.9 Å². The topological polar surface area (TPSA) is 76.5 Å². The zero-order valence-electron chi connectivity index (χ0n) is 13.7. The minimum absolute atomic E-state index is 0.161. The fourth-order valence-corrected chi connectivity index (χ4v) is 4.10. The van der Waals surface area contributed by atoms with Gasteiger partial charge in [0.25, 0.3) is 5.56 Å². The van der Waals surface area contributed by atoms with Gasteiger partial charge in [-0.2, -0.15) is 5.10 Å². The molecule has 0 spiro atoms. The van der Waals surface area contributed by atoms with Gasteiger partial charge in [0.1, 0.15) is 11.2 Å². The van der Waals surface area contributed by atoms with Crippen LogP contribution in [0.3, 0.4) is 0 Å². The smallest absolute Gasteiger partial charge is 0.262 e. The minimum Gasteiger partial charge on any atom is -0.310 e. The number of rotatable bonds is 4. The van der Waals surface area contributed by atoms with E-state index in [-0.39, 0.29) is 24.4 Å². The van der Waals surface area contributed by atoms with E-state index in [0.717, 1.165) is 5.69 Å². The van der Waals surface area contributed by atoms with E-state index in [1.54, 1.807) is 4.68 Å². The highest BCUT2D eigenvalue weighted by Crippen LogP contribution is 2.38. The molecule has 0 aromatic carbocycles. The highest BCUT2D eigenvalue weighted by atomic mass is 35.5. The summed E-state index contributed by atoms with van der Waals surface area (Å²) in [6.07, 6.45) is 2.87. The molecular formula is C16H16ClF2N5OS. The average molecular weight is 400 g/mol. The fourth-order valence-electron chi connectivity index (χ4n) is 3.28. The van der Waals surface area contributed by atoms with E-state index in [0.29, 0.717) is 47.0 Å². The molecule has 0 saturated heterocycles. The quantitative estimate of drug-likeness (QED) is 0.724. The Balaban J connectivity index is 1.60. The largest absolute Gasteiger partial charge is 0.310 e. The van der Waals surface area contributed by atoms with Crippen LogP contribution in [0, 0.1) is 0 Å². The van der Waals surface area contributed by atoms with Crippen molar-refractivity contribution < 1.29 is 8.78 Å². The number of H-pyrrole nitrogens is 1. The first-order chi connectivity index (χ1) is 12.4. The van der Waals surface area contributed by atoms with E-state index >= 15 is 0 Å². The Hall–Kier alpha value is -1.87. The van der Waals surface area contributed by atoms with Gasteiger partial charge in [-0.3, -0.25) is 4.79 Å². The van der Waals surface area contributed by atoms with Crippen LogP contribution in [0.4, 0.5) is 8.78 Å². The summed E-state index contributed by atoms with van der Waals surface area (Å²) in [5.41, 5.74) is 1.02. The molecule has 4 rings (SSSR count). The molecule has 1 N–H and O–H groups in total. The molecule has 1 fully saturated rings. The van der Waals surface area contributed by atoms with Gasteiger partial charge in [-0.1, -0.05) is 11.6 Å². The Morgan fingerprint density at radius 2 is 2.08 bits per heavy atom. The van der Waals surface area contributed by atoms with Crippen molar-refractivity contribution in [3.63, 3.8) is 0 Å². The van der Waals surface area contributed by atoms with E-state index in [2.05, 4.69) is 20.1 Å². The van der Waals surface area contributed by atoms with E-state index < -0.39 is 5.92 Å². The number of hydrogen-bond donors (Lipinski definition) is 1. The lowest BCUT2D eigenvalue weighted by molar-refractivity contribution is -0.0446. The molecule has 1 aliphatic rings. The molecule has 1 aliphatic carbocycles. The second-order valence-corrected chi connectivity index (χ2v) is 7.96. The molecule has 3 aromatic heterocycles. The standard InChI is InChI=1S/C16H16ClF2N5OS/c17-15-21-9(8-26-15)1-2-12-22-13-11(14(25)23-12)7-20-24(13)10-3-5-16(18,19)6-4-10/h7-8,10H,1-6H2,(H,22,23,25). The number of aromatic amines is 1. The second-order valence-electron chi connectivity index (χ2n) is 6.52. The van der Waals surface area contributed by atoms with Crippen molar-refractivity contribution in [1.82, 2.24) is 24.7 Å². The van der Waals surface area contributed by atoms with Crippen molar-refractivity contribution in [3.8, 4) is 0 Å². The number of nitrogens with one attached hydrogen (secondary N) is 1. The molecule has 3 heterocycles. The van der Waals surface area contributed by atoms with Crippen LogP contribution in [-0.2, 0) is 12.8 Å². The molecule has 0 radical (unpaired) electrons. The molecule has 138 valence electrons. The molecule has 6 nitrogen and oxygen atoms in total. The molecule has 1 saturated carbocycles. The number of hydrogen-bond acceptors (Lipinski definition) is 5. The van der Waals surface area contributed by atoms with Gasteiger partial charge in [-0.05, 0) is 19.3 Å². The van der Waals surface area contributed by atoms with Crippen molar-refractivity contribution in [3.05, 3.63) is 37.9 Å². The lowest BCUT2D eigenvalue weighted by Gasteiger charge is -2.28. The first-order valence-corrected chi connectivity index (χ1v) is 9.61. The van der Waals surface area contributed by atoms with E-state index in [1.165, 1.54) is 17.5 Å². The van der Waals surface area contributed by atoms with Gasteiger partial charge in [-0.15, -0.1) is 11.3 Å². The maximum Gasteiger partial charge on any atom is 0.262 e. The van der Waals surface area contributed by atoms with Crippen LogP contribution in [-0.4, -0.2) is 30.7 Å². The van der Waals surface area contributed by atoms with E-state index in [1.807, 2.05) is 5.38 Å². The minimum atomic E-state index is -2.61. The molecule has 0 atom stereocenters. The Kier molecular flexibility index (Phi) is 4.52. The number of nitrogens with zero attached hydrogens (tertiary/aromatic N) is 4. The second kappa shape index (κ2) is 6.70. The molecule has 10 heteroatoms. The molecular weight excluding hydrogens is 384 g/mol. The number of fused-ring (bicyclic) bond motifs is 1. The van der Waals surface area contributed by atoms with Crippen LogP contribution in [0.2, 0.25) is 4.47 Å². The first kappa shape index (κ1) is 17.5. The predicted molar refractivity (Wildman–Crippen MR) is 95.1 cm³/mol. The summed E-state index contributed by atoms with van der Waals surface area (Å²) >= 11 is 7.18. The van der Waals surface area contributed by atoms with Crippen molar-refractivity contribution in [1.29, 1.82) is 0 Å². The zero-order valence-corrected chi connectivity index (χ0v) is 15.3. The summed E-state index contributed by atoms with van der Waals surface area (Å²) in [4.78, 5) is 23.8.